The summed E-state index contributed by atoms with van der Waals surface area (Å²) < 4.78 is 5.16. The first-order valence-electron chi connectivity index (χ1n) is 12.2. The van der Waals surface area contributed by atoms with E-state index in [1.165, 1.54) is 43.7 Å². The third-order valence-corrected chi connectivity index (χ3v) is 8.06. The number of rotatable bonds is 6. The minimum Gasteiger partial charge on any atom is -0.466 e. The Bertz CT molecular complexity index is 1040. The molecule has 1 amide bonds. The zero-order valence-electron chi connectivity index (χ0n) is 20.8. The second-order valence-corrected chi connectivity index (χ2v) is 10.5. The molecule has 1 aliphatic carbocycles. The van der Waals surface area contributed by atoms with Crippen LogP contribution in [0.5, 0.6) is 0 Å². The summed E-state index contributed by atoms with van der Waals surface area (Å²) in [5.74, 6) is 0.139. The number of ether oxygens (including phenoxy) is 1. The molecule has 7 heteroatoms. The Balaban J connectivity index is 1.65. The maximum Gasteiger partial charge on any atom is 0.338 e. The monoisotopic (exact) mass is 481 g/mol. The molecule has 1 saturated carbocycles. The molecule has 1 atom stereocenters. The lowest BCUT2D eigenvalue weighted by Gasteiger charge is -2.37. The van der Waals surface area contributed by atoms with Gasteiger partial charge in [-0.1, -0.05) is 69.1 Å². The molecule has 1 fully saturated rings. The van der Waals surface area contributed by atoms with Crippen LogP contribution in [0.2, 0.25) is 0 Å². The fourth-order valence-electron chi connectivity index (χ4n) is 5.07. The van der Waals surface area contributed by atoms with Gasteiger partial charge in [0, 0.05) is 18.8 Å². The predicted molar refractivity (Wildman–Crippen MR) is 137 cm³/mol. The van der Waals surface area contributed by atoms with Crippen molar-refractivity contribution in [2.24, 2.45) is 4.99 Å². The molecular weight excluding hydrogens is 446 g/mol. The normalized spacial score (nSPS) is 20.8. The third-order valence-electron chi connectivity index (χ3n) is 7.17. The molecular formula is C27H35N3O3S. The highest BCUT2D eigenvalue weighted by Gasteiger charge is 2.41. The number of aliphatic imine (C=N–C) groups is 1. The van der Waals surface area contributed by atoms with Crippen LogP contribution in [0.3, 0.4) is 0 Å². The van der Waals surface area contributed by atoms with E-state index in [1.807, 2.05) is 24.3 Å². The van der Waals surface area contributed by atoms with E-state index in [0.29, 0.717) is 23.2 Å². The largest absolute Gasteiger partial charge is 0.466 e. The van der Waals surface area contributed by atoms with Crippen molar-refractivity contribution in [3.05, 3.63) is 57.8 Å². The van der Waals surface area contributed by atoms with E-state index in [0.717, 1.165) is 29.3 Å². The summed E-state index contributed by atoms with van der Waals surface area (Å²) in [5.41, 5.74) is 4.28. The van der Waals surface area contributed by atoms with Crippen molar-refractivity contribution in [2.45, 2.75) is 77.3 Å². The standard InChI is InChI=1S/C27H35N3O3S/c1-17(2)19-11-13-20(14-12-19)25-24(26(32)33-5)18(3)28-27-30(25)22(16-34-27)15-23(31)29(4)21-9-7-6-8-10-21/h11-14,16-17,21,25H,6-10,15H2,1-5H3. The highest BCUT2D eigenvalue weighted by molar-refractivity contribution is 8.16. The Labute approximate surface area is 207 Å². The molecule has 0 aromatic heterocycles. The van der Waals surface area contributed by atoms with Gasteiger partial charge in [-0.25, -0.2) is 9.79 Å². The van der Waals surface area contributed by atoms with Crippen LogP contribution < -0.4 is 0 Å². The number of amides is 1. The molecule has 2 heterocycles. The topological polar surface area (TPSA) is 62.2 Å². The number of thioether (sulfide) groups is 1. The summed E-state index contributed by atoms with van der Waals surface area (Å²) in [5, 5.41) is 2.81. The zero-order chi connectivity index (χ0) is 24.4. The van der Waals surface area contributed by atoms with Crippen molar-refractivity contribution in [1.82, 2.24) is 9.80 Å². The van der Waals surface area contributed by atoms with Crippen molar-refractivity contribution in [1.29, 1.82) is 0 Å². The van der Waals surface area contributed by atoms with Crippen LogP contribution in [-0.4, -0.2) is 47.0 Å². The fourth-order valence-corrected chi connectivity index (χ4v) is 6.04. The number of methoxy groups -OCH3 is 1. The van der Waals surface area contributed by atoms with E-state index >= 15 is 0 Å². The fraction of sp³-hybridized carbons (Fsp3) is 0.519. The molecule has 1 aromatic carbocycles. The molecule has 34 heavy (non-hydrogen) atoms. The molecule has 3 aliphatic rings. The van der Waals surface area contributed by atoms with Crippen LogP contribution in [0.1, 0.15) is 82.4 Å². The molecule has 0 saturated heterocycles. The van der Waals surface area contributed by atoms with Crippen LogP contribution in [0.4, 0.5) is 0 Å². The highest BCUT2D eigenvalue weighted by atomic mass is 32.2. The SMILES string of the molecule is COC(=O)C1=C(C)N=C2SC=C(CC(=O)N(C)C3CCCCC3)N2C1c1ccc(C(C)C)cc1. The molecule has 4 rings (SSSR count). The lowest BCUT2D eigenvalue weighted by Crippen LogP contribution is -2.41. The molecule has 0 bridgehead atoms. The van der Waals surface area contributed by atoms with E-state index < -0.39 is 0 Å². The average molecular weight is 482 g/mol. The summed E-state index contributed by atoms with van der Waals surface area (Å²) in [7, 11) is 3.33. The van der Waals surface area contributed by atoms with E-state index in [9.17, 15) is 9.59 Å². The first-order chi connectivity index (χ1) is 16.3. The number of esters is 1. The number of hydrogen-bond acceptors (Lipinski definition) is 6. The predicted octanol–water partition coefficient (Wildman–Crippen LogP) is 5.74. The number of nitrogens with zero attached hydrogens (tertiary/aromatic N) is 3. The van der Waals surface area contributed by atoms with Crippen molar-refractivity contribution >= 4 is 28.8 Å². The lowest BCUT2D eigenvalue weighted by molar-refractivity contribution is -0.136. The number of carbonyl (C=O) groups is 2. The Kier molecular flexibility index (Phi) is 7.51. The van der Waals surface area contributed by atoms with Crippen molar-refractivity contribution in [3.63, 3.8) is 0 Å². The van der Waals surface area contributed by atoms with Gasteiger partial charge < -0.3 is 14.5 Å². The Morgan fingerprint density at radius 3 is 2.47 bits per heavy atom. The van der Waals surface area contributed by atoms with Crippen LogP contribution in [-0.2, 0) is 14.3 Å². The number of amidine groups is 1. The second-order valence-electron chi connectivity index (χ2n) is 9.68. The average Bonchev–Trinajstić information content (AvgIpc) is 3.24. The van der Waals surface area contributed by atoms with E-state index in [4.69, 9.17) is 9.73 Å². The van der Waals surface area contributed by atoms with Gasteiger partial charge in [-0.15, -0.1) is 0 Å². The summed E-state index contributed by atoms with van der Waals surface area (Å²) in [6.45, 7) is 6.18. The van der Waals surface area contributed by atoms with E-state index in [2.05, 4.69) is 43.0 Å². The maximum absolute atomic E-state index is 13.3. The van der Waals surface area contributed by atoms with E-state index in [1.54, 1.807) is 0 Å². The molecule has 0 spiro atoms. The highest BCUT2D eigenvalue weighted by Crippen LogP contribution is 2.45. The zero-order valence-corrected chi connectivity index (χ0v) is 21.7. The minimum absolute atomic E-state index is 0.111. The molecule has 6 nitrogen and oxygen atoms in total. The molecule has 0 radical (unpaired) electrons. The quantitative estimate of drug-likeness (QED) is 0.485. The van der Waals surface area contributed by atoms with Crippen LogP contribution in [0.25, 0.3) is 0 Å². The number of hydrogen-bond donors (Lipinski definition) is 0. The molecule has 1 unspecified atom stereocenters. The summed E-state index contributed by atoms with van der Waals surface area (Å²) in [4.78, 5) is 34.9. The molecule has 2 aliphatic heterocycles. The van der Waals surface area contributed by atoms with E-state index in [-0.39, 0.29) is 24.3 Å². The van der Waals surface area contributed by atoms with Gasteiger partial charge in [0.1, 0.15) is 0 Å². The maximum atomic E-state index is 13.3. The lowest BCUT2D eigenvalue weighted by atomic mass is 9.91. The Morgan fingerprint density at radius 2 is 1.85 bits per heavy atom. The number of fused-ring (bicyclic) bond motifs is 1. The Morgan fingerprint density at radius 1 is 1.18 bits per heavy atom. The smallest absolute Gasteiger partial charge is 0.338 e. The van der Waals surface area contributed by atoms with Crippen LogP contribution in [0, 0.1) is 0 Å². The summed E-state index contributed by atoms with van der Waals surface area (Å²) in [6, 6.07) is 8.33. The summed E-state index contributed by atoms with van der Waals surface area (Å²) in [6.07, 6.45) is 6.06. The number of benzene rings is 1. The van der Waals surface area contributed by atoms with Crippen molar-refractivity contribution in [3.8, 4) is 0 Å². The van der Waals surface area contributed by atoms with Gasteiger partial charge in [0.2, 0.25) is 5.91 Å². The van der Waals surface area contributed by atoms with Crippen molar-refractivity contribution < 1.29 is 14.3 Å². The van der Waals surface area contributed by atoms with Crippen LogP contribution >= 0.6 is 11.8 Å². The number of allylic oxidation sites excluding steroid dienone is 1. The second kappa shape index (κ2) is 10.4. The third kappa shape index (κ3) is 4.81. The minimum atomic E-state index is -0.389. The Hall–Kier alpha value is -2.54. The van der Waals surface area contributed by atoms with Gasteiger partial charge in [-0.05, 0) is 42.2 Å². The van der Waals surface area contributed by atoms with Crippen molar-refractivity contribution in [2.75, 3.05) is 14.2 Å². The number of carbonyl (C=O) groups excluding carboxylic acids is 2. The van der Waals surface area contributed by atoms with Gasteiger partial charge in [-0.2, -0.15) is 0 Å². The molecule has 1 aromatic rings. The van der Waals surface area contributed by atoms with Gasteiger partial charge in [0.15, 0.2) is 5.17 Å². The van der Waals surface area contributed by atoms with Gasteiger partial charge >= 0.3 is 5.97 Å². The summed E-state index contributed by atoms with van der Waals surface area (Å²) >= 11 is 1.51. The van der Waals surface area contributed by atoms with Gasteiger partial charge in [0.25, 0.3) is 0 Å². The van der Waals surface area contributed by atoms with Gasteiger partial charge in [-0.3, -0.25) is 4.79 Å². The first-order valence-corrected chi connectivity index (χ1v) is 13.1. The van der Waals surface area contributed by atoms with Gasteiger partial charge in [0.05, 0.1) is 30.8 Å². The first kappa shape index (κ1) is 24.6. The molecule has 0 N–H and O–H groups in total. The van der Waals surface area contributed by atoms with Crippen LogP contribution in [0.15, 0.2) is 51.6 Å². The molecule has 182 valence electrons.